The SMILES string of the molecule is C#CCNC(C(=O)O)c1cc(Cl)cc(Cl)c1. The smallest absolute Gasteiger partial charge is 0.325 e. The van der Waals surface area contributed by atoms with Gasteiger partial charge in [-0.15, -0.1) is 6.42 Å². The second-order valence-corrected chi connectivity index (χ2v) is 3.93. The summed E-state index contributed by atoms with van der Waals surface area (Å²) < 4.78 is 0. The minimum atomic E-state index is -1.03. The van der Waals surface area contributed by atoms with Crippen LogP contribution < -0.4 is 5.32 Å². The van der Waals surface area contributed by atoms with E-state index in [1.165, 1.54) is 18.2 Å². The van der Waals surface area contributed by atoms with Gasteiger partial charge in [0.25, 0.3) is 0 Å². The summed E-state index contributed by atoms with van der Waals surface area (Å²) in [5.74, 6) is 1.28. The zero-order valence-electron chi connectivity index (χ0n) is 8.21. The maximum Gasteiger partial charge on any atom is 0.325 e. The van der Waals surface area contributed by atoms with E-state index in [9.17, 15) is 4.79 Å². The molecule has 16 heavy (non-hydrogen) atoms. The van der Waals surface area contributed by atoms with Gasteiger partial charge in [0, 0.05) is 10.0 Å². The predicted molar refractivity (Wildman–Crippen MR) is 63.7 cm³/mol. The Morgan fingerprint density at radius 1 is 1.44 bits per heavy atom. The third-order valence-corrected chi connectivity index (χ3v) is 2.31. The van der Waals surface area contributed by atoms with Crippen molar-refractivity contribution in [3.8, 4) is 12.3 Å². The van der Waals surface area contributed by atoms with E-state index < -0.39 is 12.0 Å². The number of halogens is 2. The molecule has 0 aliphatic rings. The molecule has 0 bridgehead atoms. The molecule has 84 valence electrons. The van der Waals surface area contributed by atoms with Crippen molar-refractivity contribution in [2.24, 2.45) is 0 Å². The fraction of sp³-hybridized carbons (Fsp3) is 0.182. The van der Waals surface area contributed by atoms with Gasteiger partial charge in [-0.05, 0) is 23.8 Å². The van der Waals surface area contributed by atoms with E-state index >= 15 is 0 Å². The lowest BCUT2D eigenvalue weighted by Gasteiger charge is -2.13. The highest BCUT2D eigenvalue weighted by Crippen LogP contribution is 2.23. The Morgan fingerprint density at radius 2 is 2.00 bits per heavy atom. The Bertz CT molecular complexity index is 420. The highest BCUT2D eigenvalue weighted by Gasteiger charge is 2.19. The van der Waals surface area contributed by atoms with E-state index in [1.54, 1.807) is 0 Å². The lowest BCUT2D eigenvalue weighted by atomic mass is 10.1. The number of aliphatic carboxylic acids is 1. The number of nitrogens with one attached hydrogen (secondary N) is 1. The van der Waals surface area contributed by atoms with E-state index in [2.05, 4.69) is 11.2 Å². The van der Waals surface area contributed by atoms with Crippen LogP contribution in [0.4, 0.5) is 0 Å². The van der Waals surface area contributed by atoms with Crippen molar-refractivity contribution >= 4 is 29.2 Å². The molecule has 0 aliphatic heterocycles. The Labute approximate surface area is 103 Å². The van der Waals surface area contributed by atoms with Crippen LogP contribution >= 0.6 is 23.2 Å². The van der Waals surface area contributed by atoms with Gasteiger partial charge >= 0.3 is 5.97 Å². The zero-order chi connectivity index (χ0) is 12.1. The molecule has 1 unspecified atom stereocenters. The minimum Gasteiger partial charge on any atom is -0.480 e. The molecule has 0 radical (unpaired) electrons. The molecule has 2 N–H and O–H groups in total. The first-order valence-electron chi connectivity index (χ1n) is 4.40. The summed E-state index contributed by atoms with van der Waals surface area (Å²) in [5, 5.41) is 12.5. The van der Waals surface area contributed by atoms with Crippen molar-refractivity contribution < 1.29 is 9.90 Å². The largest absolute Gasteiger partial charge is 0.480 e. The Morgan fingerprint density at radius 3 is 2.44 bits per heavy atom. The second-order valence-electron chi connectivity index (χ2n) is 3.06. The number of hydrogen-bond acceptors (Lipinski definition) is 2. The first kappa shape index (κ1) is 12.9. The number of terminal acetylenes is 1. The quantitative estimate of drug-likeness (QED) is 0.815. The molecule has 0 aliphatic carbocycles. The molecular weight excluding hydrogens is 249 g/mol. The van der Waals surface area contributed by atoms with Crippen molar-refractivity contribution in [3.63, 3.8) is 0 Å². The summed E-state index contributed by atoms with van der Waals surface area (Å²) in [6.07, 6.45) is 5.06. The predicted octanol–water partition coefficient (Wildman–Crippen LogP) is 2.34. The molecular formula is C11H9Cl2NO2. The van der Waals surface area contributed by atoms with Crippen LogP contribution in [0.25, 0.3) is 0 Å². The summed E-state index contributed by atoms with van der Waals surface area (Å²) in [5.41, 5.74) is 0.472. The first-order valence-corrected chi connectivity index (χ1v) is 5.16. The fourth-order valence-corrected chi connectivity index (χ4v) is 1.79. The van der Waals surface area contributed by atoms with Crippen molar-refractivity contribution in [2.45, 2.75) is 6.04 Å². The summed E-state index contributed by atoms with van der Waals surface area (Å²) >= 11 is 11.6. The van der Waals surface area contributed by atoms with E-state index in [0.717, 1.165) is 0 Å². The molecule has 1 rings (SSSR count). The van der Waals surface area contributed by atoms with Crippen molar-refractivity contribution in [3.05, 3.63) is 33.8 Å². The van der Waals surface area contributed by atoms with Gasteiger partial charge in [0.2, 0.25) is 0 Å². The minimum absolute atomic E-state index is 0.154. The van der Waals surface area contributed by atoms with Crippen LogP contribution in [0.3, 0.4) is 0 Å². The van der Waals surface area contributed by atoms with Crippen LogP contribution in [0.2, 0.25) is 10.0 Å². The summed E-state index contributed by atoms with van der Waals surface area (Å²) in [6, 6.07) is 3.70. The van der Waals surface area contributed by atoms with Crippen LogP contribution in [0, 0.1) is 12.3 Å². The van der Waals surface area contributed by atoms with Gasteiger partial charge in [-0.1, -0.05) is 29.1 Å². The summed E-state index contributed by atoms with van der Waals surface area (Å²) in [4.78, 5) is 11.0. The number of hydrogen-bond donors (Lipinski definition) is 2. The Hall–Kier alpha value is -1.21. The third kappa shape index (κ3) is 3.42. The van der Waals surface area contributed by atoms with Gasteiger partial charge in [-0.25, -0.2) is 0 Å². The molecule has 3 nitrogen and oxygen atoms in total. The first-order chi connectivity index (χ1) is 7.54. The number of carboxylic acids is 1. The lowest BCUT2D eigenvalue weighted by molar-refractivity contribution is -0.139. The van der Waals surface area contributed by atoms with Crippen LogP contribution in [0.15, 0.2) is 18.2 Å². The van der Waals surface area contributed by atoms with Gasteiger partial charge in [-0.3, -0.25) is 10.1 Å². The topological polar surface area (TPSA) is 49.3 Å². The van der Waals surface area contributed by atoms with Crippen molar-refractivity contribution in [2.75, 3.05) is 6.54 Å². The van der Waals surface area contributed by atoms with Crippen LogP contribution in [-0.4, -0.2) is 17.6 Å². The van der Waals surface area contributed by atoms with Gasteiger partial charge in [-0.2, -0.15) is 0 Å². The molecule has 1 aromatic rings. The number of carboxylic acid groups (broad SMARTS) is 1. The van der Waals surface area contributed by atoms with Crippen molar-refractivity contribution in [1.29, 1.82) is 0 Å². The lowest BCUT2D eigenvalue weighted by Crippen LogP contribution is -2.28. The zero-order valence-corrected chi connectivity index (χ0v) is 9.72. The molecule has 0 saturated carbocycles. The van der Waals surface area contributed by atoms with E-state index in [1.807, 2.05) is 0 Å². The maximum atomic E-state index is 11.0. The van der Waals surface area contributed by atoms with Crippen LogP contribution in [0.5, 0.6) is 0 Å². The molecule has 1 aromatic carbocycles. The highest BCUT2D eigenvalue weighted by atomic mass is 35.5. The van der Waals surface area contributed by atoms with Crippen LogP contribution in [-0.2, 0) is 4.79 Å². The van der Waals surface area contributed by atoms with E-state index in [0.29, 0.717) is 15.6 Å². The Kier molecular flexibility index (Phi) is 4.63. The molecule has 1 atom stereocenters. The summed E-state index contributed by atoms with van der Waals surface area (Å²) in [6.45, 7) is 0.154. The monoisotopic (exact) mass is 257 g/mol. The molecule has 0 heterocycles. The van der Waals surface area contributed by atoms with Gasteiger partial charge in [0.1, 0.15) is 6.04 Å². The third-order valence-electron chi connectivity index (χ3n) is 1.87. The maximum absolute atomic E-state index is 11.0. The van der Waals surface area contributed by atoms with Gasteiger partial charge < -0.3 is 5.11 Å². The van der Waals surface area contributed by atoms with Crippen molar-refractivity contribution in [1.82, 2.24) is 5.32 Å². The molecule has 0 spiro atoms. The normalized spacial score (nSPS) is 11.8. The molecule has 0 amide bonds. The standard InChI is InChI=1S/C11H9Cl2NO2/c1-2-3-14-10(11(15)16)7-4-8(12)6-9(13)5-7/h1,4-6,10,14H,3H2,(H,15,16). The molecule has 0 fully saturated rings. The van der Waals surface area contributed by atoms with Crippen LogP contribution in [0.1, 0.15) is 11.6 Å². The number of rotatable bonds is 4. The molecule has 0 saturated heterocycles. The van der Waals surface area contributed by atoms with Gasteiger partial charge in [0.15, 0.2) is 0 Å². The second kappa shape index (κ2) is 5.76. The molecule has 5 heteroatoms. The average molecular weight is 258 g/mol. The summed E-state index contributed by atoms with van der Waals surface area (Å²) in [7, 11) is 0. The average Bonchev–Trinajstić information content (AvgIpc) is 2.16. The Balaban J connectivity index is 3.01. The van der Waals surface area contributed by atoms with E-state index in [4.69, 9.17) is 34.7 Å². The number of benzene rings is 1. The molecule has 0 aromatic heterocycles. The number of carbonyl (C=O) groups is 1. The van der Waals surface area contributed by atoms with Gasteiger partial charge in [0.05, 0.1) is 6.54 Å². The fourth-order valence-electron chi connectivity index (χ4n) is 1.25. The highest BCUT2D eigenvalue weighted by molar-refractivity contribution is 6.34. The van der Waals surface area contributed by atoms with E-state index in [-0.39, 0.29) is 6.54 Å².